The molecular formula is C25H23Cl3N2O2. The quantitative estimate of drug-likeness (QED) is 0.449. The van der Waals surface area contributed by atoms with Crippen LogP contribution in [0.3, 0.4) is 0 Å². The molecule has 2 amide bonds. The van der Waals surface area contributed by atoms with Crippen LogP contribution in [-0.2, 0) is 29.0 Å². The molecule has 0 aromatic heterocycles. The van der Waals surface area contributed by atoms with Crippen LogP contribution in [0.2, 0.25) is 15.1 Å². The molecule has 0 bridgehead atoms. The second-order valence-corrected chi connectivity index (χ2v) is 8.60. The van der Waals surface area contributed by atoms with Crippen molar-refractivity contribution in [3.63, 3.8) is 0 Å². The lowest BCUT2D eigenvalue weighted by molar-refractivity contribution is -0.140. The number of hydrogen-bond acceptors (Lipinski definition) is 2. The van der Waals surface area contributed by atoms with Crippen molar-refractivity contribution in [1.82, 2.24) is 10.2 Å². The lowest BCUT2D eigenvalue weighted by Gasteiger charge is -2.31. The fraction of sp³-hybridized carbons (Fsp3) is 0.200. The van der Waals surface area contributed by atoms with E-state index in [0.29, 0.717) is 27.1 Å². The molecule has 1 unspecified atom stereocenters. The SMILES string of the molecule is CNC(=O)C(Cc1ccccc1)N(Cc1ccc(Cl)cc1)C(=O)Cc1c(Cl)cccc1Cl. The number of nitrogens with one attached hydrogen (secondary N) is 1. The fourth-order valence-corrected chi connectivity index (χ4v) is 4.12. The van der Waals surface area contributed by atoms with Crippen LogP contribution >= 0.6 is 34.8 Å². The predicted molar refractivity (Wildman–Crippen MR) is 130 cm³/mol. The average molecular weight is 490 g/mol. The monoisotopic (exact) mass is 488 g/mol. The van der Waals surface area contributed by atoms with E-state index in [1.165, 1.54) is 0 Å². The van der Waals surface area contributed by atoms with Crippen molar-refractivity contribution in [2.24, 2.45) is 0 Å². The summed E-state index contributed by atoms with van der Waals surface area (Å²) in [7, 11) is 1.57. The Bertz CT molecular complexity index is 1050. The van der Waals surface area contributed by atoms with Gasteiger partial charge in [-0.15, -0.1) is 0 Å². The molecule has 4 nitrogen and oxygen atoms in total. The number of benzene rings is 3. The summed E-state index contributed by atoms with van der Waals surface area (Å²) in [6.45, 7) is 0.239. The molecule has 166 valence electrons. The Morgan fingerprint density at radius 3 is 2.06 bits per heavy atom. The third kappa shape index (κ3) is 6.26. The molecule has 0 saturated heterocycles. The second kappa shape index (κ2) is 11.4. The van der Waals surface area contributed by atoms with Crippen LogP contribution < -0.4 is 5.32 Å². The summed E-state index contributed by atoms with van der Waals surface area (Å²) in [6, 6.07) is 21.2. The van der Waals surface area contributed by atoms with E-state index in [0.717, 1.165) is 11.1 Å². The van der Waals surface area contributed by atoms with E-state index in [1.54, 1.807) is 42.3 Å². The van der Waals surface area contributed by atoms with Gasteiger partial charge < -0.3 is 10.2 Å². The minimum Gasteiger partial charge on any atom is -0.357 e. The third-order valence-corrected chi connectivity index (χ3v) is 6.13. The number of hydrogen-bond donors (Lipinski definition) is 1. The van der Waals surface area contributed by atoms with E-state index in [1.807, 2.05) is 42.5 Å². The van der Waals surface area contributed by atoms with Gasteiger partial charge in [-0.1, -0.05) is 83.3 Å². The average Bonchev–Trinajstić information content (AvgIpc) is 2.80. The summed E-state index contributed by atoms with van der Waals surface area (Å²) < 4.78 is 0. The molecule has 1 atom stereocenters. The largest absolute Gasteiger partial charge is 0.357 e. The number of halogens is 3. The van der Waals surface area contributed by atoms with Gasteiger partial charge in [-0.05, 0) is 41.0 Å². The lowest BCUT2D eigenvalue weighted by Crippen LogP contribution is -2.50. The first-order valence-electron chi connectivity index (χ1n) is 10.1. The highest BCUT2D eigenvalue weighted by Crippen LogP contribution is 2.26. The van der Waals surface area contributed by atoms with Gasteiger partial charge in [-0.2, -0.15) is 0 Å². The summed E-state index contributed by atoms with van der Waals surface area (Å²) in [5, 5.41) is 4.12. The number of carbonyl (C=O) groups is 2. The Labute approximate surface area is 203 Å². The van der Waals surface area contributed by atoms with Crippen LogP contribution in [0, 0.1) is 0 Å². The summed E-state index contributed by atoms with van der Waals surface area (Å²) >= 11 is 18.6. The summed E-state index contributed by atoms with van der Waals surface area (Å²) in [4.78, 5) is 28.0. The van der Waals surface area contributed by atoms with Gasteiger partial charge in [0.25, 0.3) is 0 Å². The fourth-order valence-electron chi connectivity index (χ4n) is 3.46. The maximum atomic E-state index is 13.5. The van der Waals surface area contributed by atoms with E-state index in [9.17, 15) is 9.59 Å². The third-order valence-electron chi connectivity index (χ3n) is 5.17. The predicted octanol–water partition coefficient (Wildman–Crippen LogP) is 5.58. The Balaban J connectivity index is 1.97. The minimum absolute atomic E-state index is 0.0195. The Kier molecular flexibility index (Phi) is 8.57. The van der Waals surface area contributed by atoms with Crippen molar-refractivity contribution in [1.29, 1.82) is 0 Å². The number of nitrogens with zero attached hydrogens (tertiary/aromatic N) is 1. The van der Waals surface area contributed by atoms with Gasteiger partial charge in [-0.25, -0.2) is 0 Å². The molecule has 7 heteroatoms. The Morgan fingerprint density at radius 2 is 1.47 bits per heavy atom. The van der Waals surface area contributed by atoms with Crippen molar-refractivity contribution >= 4 is 46.6 Å². The molecule has 0 heterocycles. The van der Waals surface area contributed by atoms with Crippen LogP contribution in [0.15, 0.2) is 72.8 Å². The van der Waals surface area contributed by atoms with E-state index in [4.69, 9.17) is 34.8 Å². The molecule has 1 N–H and O–H groups in total. The minimum atomic E-state index is -0.716. The van der Waals surface area contributed by atoms with Crippen LogP contribution in [-0.4, -0.2) is 29.8 Å². The standard InChI is InChI=1S/C25H23Cl3N2O2/c1-29-25(32)23(14-17-6-3-2-4-7-17)30(16-18-10-12-19(26)13-11-18)24(31)15-20-21(27)8-5-9-22(20)28/h2-13,23H,14-16H2,1H3,(H,29,32). The molecule has 0 spiro atoms. The van der Waals surface area contributed by atoms with Gasteiger partial charge in [0.2, 0.25) is 11.8 Å². The first kappa shape index (κ1) is 24.1. The first-order chi connectivity index (χ1) is 15.4. The van der Waals surface area contributed by atoms with Crippen LogP contribution in [0.5, 0.6) is 0 Å². The molecule has 32 heavy (non-hydrogen) atoms. The highest BCUT2D eigenvalue weighted by Gasteiger charge is 2.30. The maximum absolute atomic E-state index is 13.5. The molecule has 3 aromatic carbocycles. The van der Waals surface area contributed by atoms with Crippen LogP contribution in [0.25, 0.3) is 0 Å². The maximum Gasteiger partial charge on any atom is 0.242 e. The van der Waals surface area contributed by atoms with Gasteiger partial charge in [0, 0.05) is 35.1 Å². The Morgan fingerprint density at radius 1 is 0.844 bits per heavy atom. The van der Waals surface area contributed by atoms with Crippen molar-refractivity contribution in [2.75, 3.05) is 7.05 Å². The zero-order chi connectivity index (χ0) is 23.1. The van der Waals surface area contributed by atoms with Crippen LogP contribution in [0.4, 0.5) is 0 Å². The van der Waals surface area contributed by atoms with Crippen molar-refractivity contribution in [3.05, 3.63) is 105 Å². The summed E-state index contributed by atoms with van der Waals surface area (Å²) in [5.41, 5.74) is 2.35. The molecule has 0 saturated carbocycles. The Hall–Kier alpha value is -2.53. The van der Waals surface area contributed by atoms with Gasteiger partial charge in [-0.3, -0.25) is 9.59 Å². The van der Waals surface area contributed by atoms with Crippen molar-refractivity contribution < 1.29 is 9.59 Å². The topological polar surface area (TPSA) is 49.4 Å². The summed E-state index contributed by atoms with van der Waals surface area (Å²) in [6.07, 6.45) is 0.352. The van der Waals surface area contributed by atoms with E-state index < -0.39 is 6.04 Å². The van der Waals surface area contributed by atoms with E-state index in [2.05, 4.69) is 5.32 Å². The van der Waals surface area contributed by atoms with Gasteiger partial charge in [0.15, 0.2) is 0 Å². The lowest BCUT2D eigenvalue weighted by atomic mass is 10.0. The zero-order valence-electron chi connectivity index (χ0n) is 17.5. The normalized spacial score (nSPS) is 11.6. The molecule has 3 rings (SSSR count). The number of amides is 2. The highest BCUT2D eigenvalue weighted by atomic mass is 35.5. The van der Waals surface area contributed by atoms with E-state index >= 15 is 0 Å². The van der Waals surface area contributed by atoms with Crippen molar-refractivity contribution in [3.8, 4) is 0 Å². The number of likely N-dealkylation sites (N-methyl/N-ethyl adjacent to an activating group) is 1. The van der Waals surface area contributed by atoms with Gasteiger partial charge in [0.1, 0.15) is 6.04 Å². The smallest absolute Gasteiger partial charge is 0.242 e. The van der Waals surface area contributed by atoms with Gasteiger partial charge in [0.05, 0.1) is 6.42 Å². The summed E-state index contributed by atoms with van der Waals surface area (Å²) in [5.74, 6) is -0.499. The molecular weight excluding hydrogens is 467 g/mol. The molecule has 3 aromatic rings. The van der Waals surface area contributed by atoms with Crippen LogP contribution in [0.1, 0.15) is 16.7 Å². The molecule has 0 radical (unpaired) electrons. The number of rotatable bonds is 8. The zero-order valence-corrected chi connectivity index (χ0v) is 19.8. The molecule has 0 aliphatic carbocycles. The number of carbonyl (C=O) groups excluding carboxylic acids is 2. The van der Waals surface area contributed by atoms with Crippen molar-refractivity contribution in [2.45, 2.75) is 25.4 Å². The molecule has 0 fully saturated rings. The van der Waals surface area contributed by atoms with E-state index in [-0.39, 0.29) is 24.8 Å². The second-order valence-electron chi connectivity index (χ2n) is 7.34. The van der Waals surface area contributed by atoms with Gasteiger partial charge >= 0.3 is 0 Å². The first-order valence-corrected chi connectivity index (χ1v) is 11.2. The molecule has 0 aliphatic rings. The highest BCUT2D eigenvalue weighted by molar-refractivity contribution is 6.36. The molecule has 0 aliphatic heterocycles.